The minimum atomic E-state index is -0.301. The van der Waals surface area contributed by atoms with Crippen LogP contribution in [0.5, 0.6) is 0 Å². The summed E-state index contributed by atoms with van der Waals surface area (Å²) in [6.07, 6.45) is 2.17. The second-order valence-electron chi connectivity index (χ2n) is 7.97. The van der Waals surface area contributed by atoms with Crippen LogP contribution >= 0.6 is 23.4 Å². The van der Waals surface area contributed by atoms with Gasteiger partial charge >= 0.3 is 0 Å². The Kier molecular flexibility index (Phi) is 6.26. The number of halogens is 1. The van der Waals surface area contributed by atoms with E-state index in [1.165, 1.54) is 16.8 Å². The van der Waals surface area contributed by atoms with E-state index in [2.05, 4.69) is 15.3 Å². The molecule has 0 spiro atoms. The molecule has 0 saturated carbocycles. The summed E-state index contributed by atoms with van der Waals surface area (Å²) < 4.78 is 7.61. The molecule has 4 aromatic rings. The topological polar surface area (TPSA) is 76.5 Å². The molecule has 2 aromatic heterocycles. The Balaban J connectivity index is 1.39. The van der Waals surface area contributed by atoms with Crippen molar-refractivity contribution < 1.29 is 9.21 Å². The zero-order chi connectivity index (χ0) is 23.7. The van der Waals surface area contributed by atoms with E-state index in [4.69, 9.17) is 16.0 Å². The van der Waals surface area contributed by atoms with Gasteiger partial charge in [0.15, 0.2) is 5.16 Å². The molecular formula is C25H22ClN5O2S. The van der Waals surface area contributed by atoms with E-state index >= 15 is 0 Å². The van der Waals surface area contributed by atoms with Crippen LogP contribution in [-0.2, 0) is 4.79 Å². The van der Waals surface area contributed by atoms with Crippen LogP contribution in [0.4, 0.5) is 0 Å². The van der Waals surface area contributed by atoms with Gasteiger partial charge in [0.25, 0.3) is 5.91 Å². The number of nitrogens with zero attached hydrogens (tertiary/aromatic N) is 5. The van der Waals surface area contributed by atoms with Gasteiger partial charge in [-0.2, -0.15) is 5.10 Å². The maximum absolute atomic E-state index is 13.4. The number of rotatable bonds is 6. The van der Waals surface area contributed by atoms with Crippen LogP contribution in [0.2, 0.25) is 5.02 Å². The molecule has 5 rings (SSSR count). The highest BCUT2D eigenvalue weighted by Crippen LogP contribution is 2.34. The van der Waals surface area contributed by atoms with Gasteiger partial charge in [-0.1, -0.05) is 53.7 Å². The van der Waals surface area contributed by atoms with Gasteiger partial charge in [0.1, 0.15) is 17.6 Å². The molecule has 0 N–H and O–H groups in total. The zero-order valence-electron chi connectivity index (χ0n) is 18.7. The van der Waals surface area contributed by atoms with Crippen molar-refractivity contribution in [2.75, 3.05) is 5.75 Å². The molecular weight excluding hydrogens is 470 g/mol. The first-order valence-corrected chi connectivity index (χ1v) is 12.2. The highest BCUT2D eigenvalue weighted by molar-refractivity contribution is 7.99. The smallest absolute Gasteiger partial charge is 0.253 e. The van der Waals surface area contributed by atoms with Crippen molar-refractivity contribution >= 4 is 35.0 Å². The number of carbonyl (C=O) groups is 1. The van der Waals surface area contributed by atoms with Gasteiger partial charge in [-0.15, -0.1) is 10.2 Å². The SMILES string of the molecule is Cc1ccccc1-n1c(C)nnc1SCC(=O)N1N=C(c2ccc(Cl)cc2)CC1c1ccco1. The van der Waals surface area contributed by atoms with Crippen LogP contribution in [-0.4, -0.2) is 37.1 Å². The maximum Gasteiger partial charge on any atom is 0.253 e. The molecule has 0 bridgehead atoms. The van der Waals surface area contributed by atoms with Crippen molar-refractivity contribution in [1.82, 2.24) is 19.8 Å². The zero-order valence-corrected chi connectivity index (χ0v) is 20.3. The van der Waals surface area contributed by atoms with Gasteiger partial charge in [0.2, 0.25) is 0 Å². The molecule has 34 heavy (non-hydrogen) atoms. The average molecular weight is 492 g/mol. The van der Waals surface area contributed by atoms with Gasteiger partial charge < -0.3 is 4.42 Å². The fraction of sp³-hybridized carbons (Fsp3) is 0.200. The molecule has 3 heterocycles. The summed E-state index contributed by atoms with van der Waals surface area (Å²) in [5.41, 5.74) is 3.85. The highest BCUT2D eigenvalue weighted by Gasteiger charge is 2.35. The molecule has 172 valence electrons. The molecule has 1 aliphatic heterocycles. The van der Waals surface area contributed by atoms with E-state index in [9.17, 15) is 4.79 Å². The predicted octanol–water partition coefficient (Wildman–Crippen LogP) is 5.60. The number of hydrogen-bond donors (Lipinski definition) is 0. The van der Waals surface area contributed by atoms with Gasteiger partial charge in [-0.3, -0.25) is 9.36 Å². The second kappa shape index (κ2) is 9.48. The molecule has 1 amide bonds. The van der Waals surface area contributed by atoms with Crippen LogP contribution in [0.3, 0.4) is 0 Å². The number of furan rings is 1. The quantitative estimate of drug-likeness (QED) is 0.328. The van der Waals surface area contributed by atoms with Crippen molar-refractivity contribution in [2.24, 2.45) is 5.10 Å². The van der Waals surface area contributed by atoms with Crippen LogP contribution in [0, 0.1) is 13.8 Å². The molecule has 0 saturated heterocycles. The molecule has 2 aromatic carbocycles. The number of para-hydroxylation sites is 1. The van der Waals surface area contributed by atoms with Crippen LogP contribution in [0.1, 0.15) is 35.2 Å². The van der Waals surface area contributed by atoms with Gasteiger partial charge in [0.05, 0.1) is 23.4 Å². The summed E-state index contributed by atoms with van der Waals surface area (Å²) in [4.78, 5) is 13.4. The first kappa shape index (κ1) is 22.4. The first-order valence-electron chi connectivity index (χ1n) is 10.8. The van der Waals surface area contributed by atoms with E-state index in [0.29, 0.717) is 22.4 Å². The second-order valence-corrected chi connectivity index (χ2v) is 9.35. The third kappa shape index (κ3) is 4.38. The number of aryl methyl sites for hydroxylation is 2. The summed E-state index contributed by atoms with van der Waals surface area (Å²) in [5, 5.41) is 16.1. The molecule has 9 heteroatoms. The Morgan fingerprint density at radius 2 is 1.88 bits per heavy atom. The number of hydrogen-bond acceptors (Lipinski definition) is 6. The van der Waals surface area contributed by atoms with Crippen LogP contribution < -0.4 is 0 Å². The molecule has 0 aliphatic carbocycles. The summed E-state index contributed by atoms with van der Waals surface area (Å²) in [6, 6.07) is 18.9. The summed E-state index contributed by atoms with van der Waals surface area (Å²) in [7, 11) is 0. The van der Waals surface area contributed by atoms with Gasteiger partial charge in [-0.25, -0.2) is 5.01 Å². The number of aromatic nitrogens is 3. The number of carbonyl (C=O) groups excluding carboxylic acids is 1. The number of thioether (sulfide) groups is 1. The predicted molar refractivity (Wildman–Crippen MR) is 132 cm³/mol. The lowest BCUT2D eigenvalue weighted by atomic mass is 10.0. The number of amides is 1. The molecule has 1 atom stereocenters. The minimum absolute atomic E-state index is 0.132. The molecule has 0 radical (unpaired) electrons. The molecule has 0 fully saturated rings. The standard InChI is InChI=1S/C25H22ClN5O2S/c1-16-6-3-4-7-21(16)30-17(2)27-28-25(30)34-15-24(32)31-22(23-8-5-13-33-23)14-20(29-31)18-9-11-19(26)12-10-18/h3-13,22H,14-15H2,1-2H3. The number of benzene rings is 2. The lowest BCUT2D eigenvalue weighted by Crippen LogP contribution is -2.28. The minimum Gasteiger partial charge on any atom is -0.467 e. The third-order valence-corrected chi connectivity index (χ3v) is 6.86. The van der Waals surface area contributed by atoms with Crippen LogP contribution in [0.25, 0.3) is 5.69 Å². The van der Waals surface area contributed by atoms with Gasteiger partial charge in [0, 0.05) is 11.4 Å². The van der Waals surface area contributed by atoms with E-state index in [-0.39, 0.29) is 17.7 Å². The fourth-order valence-electron chi connectivity index (χ4n) is 3.98. The first-order chi connectivity index (χ1) is 16.5. The Labute approximate surface area is 206 Å². The average Bonchev–Trinajstić information content (AvgIpc) is 3.58. The van der Waals surface area contributed by atoms with Crippen molar-refractivity contribution in [3.05, 3.63) is 94.7 Å². The van der Waals surface area contributed by atoms with Gasteiger partial charge in [-0.05, 0) is 55.3 Å². The largest absolute Gasteiger partial charge is 0.467 e. The Morgan fingerprint density at radius 3 is 2.62 bits per heavy atom. The number of hydrazone groups is 1. The van der Waals surface area contributed by atoms with Crippen LogP contribution in [0.15, 0.2) is 81.6 Å². The van der Waals surface area contributed by atoms with E-state index < -0.39 is 0 Å². The van der Waals surface area contributed by atoms with E-state index in [0.717, 1.165) is 28.4 Å². The molecule has 1 unspecified atom stereocenters. The molecule has 7 nitrogen and oxygen atoms in total. The van der Waals surface area contributed by atoms with Crippen molar-refractivity contribution in [3.8, 4) is 5.69 Å². The van der Waals surface area contributed by atoms with Crippen molar-refractivity contribution in [2.45, 2.75) is 31.5 Å². The fourth-order valence-corrected chi connectivity index (χ4v) is 4.95. The summed E-state index contributed by atoms with van der Waals surface area (Å²) >= 11 is 7.39. The summed E-state index contributed by atoms with van der Waals surface area (Å²) in [5.74, 6) is 1.50. The maximum atomic E-state index is 13.4. The normalized spacial score (nSPS) is 15.6. The highest BCUT2D eigenvalue weighted by atomic mass is 35.5. The Morgan fingerprint density at radius 1 is 1.09 bits per heavy atom. The summed E-state index contributed by atoms with van der Waals surface area (Å²) in [6.45, 7) is 3.95. The van der Waals surface area contributed by atoms with E-state index in [1.54, 1.807) is 6.26 Å². The Bertz CT molecular complexity index is 1350. The van der Waals surface area contributed by atoms with Crippen molar-refractivity contribution in [1.29, 1.82) is 0 Å². The molecule has 1 aliphatic rings. The Hall–Kier alpha value is -3.36. The van der Waals surface area contributed by atoms with E-state index in [1.807, 2.05) is 79.1 Å². The lowest BCUT2D eigenvalue weighted by Gasteiger charge is -2.19. The third-order valence-electron chi connectivity index (χ3n) is 5.69. The monoisotopic (exact) mass is 491 g/mol. The lowest BCUT2D eigenvalue weighted by molar-refractivity contribution is -0.130. The van der Waals surface area contributed by atoms with Crippen molar-refractivity contribution in [3.63, 3.8) is 0 Å².